The zero-order chi connectivity index (χ0) is 17.1. The molecule has 1 unspecified atom stereocenters. The molecule has 0 bridgehead atoms. The Balaban J connectivity index is 1.98. The van der Waals surface area contributed by atoms with Crippen molar-refractivity contribution in [2.45, 2.75) is 37.2 Å². The van der Waals surface area contributed by atoms with Crippen LogP contribution < -0.4 is 15.2 Å². The molecule has 1 heterocycles. The number of primary amides is 1. The molecule has 1 aliphatic heterocycles. The lowest BCUT2D eigenvalue weighted by atomic mass is 9.69. The van der Waals surface area contributed by atoms with E-state index in [2.05, 4.69) is 15.9 Å². The van der Waals surface area contributed by atoms with Gasteiger partial charge in [0.1, 0.15) is 6.10 Å². The van der Waals surface area contributed by atoms with Crippen LogP contribution in [0.5, 0.6) is 11.5 Å². The highest BCUT2D eigenvalue weighted by molar-refractivity contribution is 9.10. The van der Waals surface area contributed by atoms with Gasteiger partial charge in [-0.2, -0.15) is 0 Å². The van der Waals surface area contributed by atoms with Gasteiger partial charge in [0.05, 0.1) is 12.5 Å². The Hall–Kier alpha value is -1.82. The van der Waals surface area contributed by atoms with E-state index in [0.29, 0.717) is 30.8 Å². The third-order valence-corrected chi connectivity index (χ3v) is 6.24. The van der Waals surface area contributed by atoms with Crippen LogP contribution in [0.1, 0.15) is 30.4 Å². The van der Waals surface area contributed by atoms with E-state index < -0.39 is 0 Å². The second-order valence-corrected chi connectivity index (χ2v) is 7.59. The van der Waals surface area contributed by atoms with Gasteiger partial charge in [-0.1, -0.05) is 22.0 Å². The number of ketones is 1. The second-order valence-electron chi connectivity index (χ2n) is 6.74. The fourth-order valence-corrected chi connectivity index (χ4v) is 4.86. The summed E-state index contributed by atoms with van der Waals surface area (Å²) < 4.78 is 12.6. The quantitative estimate of drug-likeness (QED) is 0.839. The number of nitrogens with two attached hydrogens (primary N) is 1. The summed E-state index contributed by atoms with van der Waals surface area (Å²) in [6.07, 6.45) is 5.68. The molecule has 2 N–H and O–H groups in total. The SMILES string of the molecule is COc1cc(Br)c2c3c1O[C@H]1CC(=O)C=C[C@@]31CCC(C(N)=O)C2. The number of amides is 1. The first kappa shape index (κ1) is 15.7. The fraction of sp³-hybridized carbons (Fsp3) is 0.444. The van der Waals surface area contributed by atoms with Crippen LogP contribution in [0.2, 0.25) is 0 Å². The van der Waals surface area contributed by atoms with Gasteiger partial charge in [0.15, 0.2) is 17.3 Å². The van der Waals surface area contributed by atoms with Crippen molar-refractivity contribution < 1.29 is 19.1 Å². The Bertz CT molecular complexity index is 788. The van der Waals surface area contributed by atoms with Crippen LogP contribution in [-0.4, -0.2) is 24.9 Å². The summed E-state index contributed by atoms with van der Waals surface area (Å²) >= 11 is 3.62. The lowest BCUT2D eigenvalue weighted by Gasteiger charge is -2.33. The highest BCUT2D eigenvalue weighted by atomic mass is 79.9. The summed E-state index contributed by atoms with van der Waals surface area (Å²) in [5.74, 6) is 0.910. The highest BCUT2D eigenvalue weighted by Gasteiger charge is 2.53. The molecule has 1 aromatic rings. The van der Waals surface area contributed by atoms with E-state index in [1.165, 1.54) is 0 Å². The van der Waals surface area contributed by atoms with E-state index in [9.17, 15) is 9.59 Å². The highest BCUT2D eigenvalue weighted by Crippen LogP contribution is 2.58. The lowest BCUT2D eigenvalue weighted by molar-refractivity contribution is -0.122. The molecule has 0 fully saturated rings. The molecule has 0 radical (unpaired) electrons. The molecule has 0 aromatic heterocycles. The number of carbonyl (C=O) groups excluding carboxylic acids is 2. The topological polar surface area (TPSA) is 78.6 Å². The van der Waals surface area contributed by atoms with Crippen LogP contribution in [-0.2, 0) is 21.4 Å². The summed E-state index contributed by atoms with van der Waals surface area (Å²) in [6, 6.07) is 1.87. The van der Waals surface area contributed by atoms with Gasteiger partial charge in [0.25, 0.3) is 0 Å². The van der Waals surface area contributed by atoms with Crippen LogP contribution >= 0.6 is 15.9 Å². The van der Waals surface area contributed by atoms with Crippen molar-refractivity contribution in [3.05, 3.63) is 33.8 Å². The number of benzene rings is 1. The molecule has 3 atom stereocenters. The maximum atomic E-state index is 11.9. The van der Waals surface area contributed by atoms with Crippen LogP contribution in [0, 0.1) is 5.92 Å². The zero-order valence-corrected chi connectivity index (χ0v) is 14.9. The van der Waals surface area contributed by atoms with Crippen molar-refractivity contribution in [3.8, 4) is 11.5 Å². The minimum Gasteiger partial charge on any atom is -0.493 e. The Labute approximate surface area is 148 Å². The zero-order valence-electron chi connectivity index (χ0n) is 13.3. The van der Waals surface area contributed by atoms with E-state index in [0.717, 1.165) is 22.0 Å². The second kappa shape index (κ2) is 5.34. The van der Waals surface area contributed by atoms with E-state index in [4.69, 9.17) is 15.2 Å². The van der Waals surface area contributed by atoms with Gasteiger partial charge in [0, 0.05) is 22.4 Å². The predicted octanol–water partition coefficient (Wildman–Crippen LogP) is 2.42. The number of methoxy groups -OCH3 is 1. The van der Waals surface area contributed by atoms with Crippen LogP contribution in [0.25, 0.3) is 0 Å². The van der Waals surface area contributed by atoms with Crippen LogP contribution in [0.3, 0.4) is 0 Å². The van der Waals surface area contributed by atoms with E-state index in [-0.39, 0.29) is 29.1 Å². The van der Waals surface area contributed by atoms with Crippen LogP contribution in [0.15, 0.2) is 22.7 Å². The monoisotopic (exact) mass is 391 g/mol. The molecule has 3 aliphatic rings. The first-order chi connectivity index (χ1) is 11.5. The minimum atomic E-state index is -0.389. The molecule has 6 heteroatoms. The van der Waals surface area contributed by atoms with Gasteiger partial charge in [-0.15, -0.1) is 0 Å². The molecule has 24 heavy (non-hydrogen) atoms. The van der Waals surface area contributed by atoms with Gasteiger partial charge in [-0.25, -0.2) is 0 Å². The predicted molar refractivity (Wildman–Crippen MR) is 91.2 cm³/mol. The van der Waals surface area contributed by atoms with Crippen molar-refractivity contribution in [1.82, 2.24) is 0 Å². The summed E-state index contributed by atoms with van der Waals surface area (Å²) in [6.45, 7) is 0. The van der Waals surface area contributed by atoms with Gasteiger partial charge in [-0.05, 0) is 37.0 Å². The molecule has 0 saturated carbocycles. The average molecular weight is 392 g/mol. The number of ether oxygens (including phenoxy) is 2. The van der Waals surface area contributed by atoms with Crippen LogP contribution in [0.4, 0.5) is 0 Å². The minimum absolute atomic E-state index is 0.0636. The molecular formula is C18H18BrNO4. The molecule has 126 valence electrons. The molecule has 1 spiro atoms. The first-order valence-corrected chi connectivity index (χ1v) is 8.83. The molecule has 1 aromatic carbocycles. The number of hydrogen-bond acceptors (Lipinski definition) is 4. The van der Waals surface area contributed by atoms with Gasteiger partial charge >= 0.3 is 0 Å². The Morgan fingerprint density at radius 2 is 2.25 bits per heavy atom. The fourth-order valence-electron chi connectivity index (χ4n) is 4.30. The lowest BCUT2D eigenvalue weighted by Crippen LogP contribution is -2.41. The van der Waals surface area contributed by atoms with Gasteiger partial charge in [0.2, 0.25) is 5.91 Å². The van der Waals surface area contributed by atoms with E-state index >= 15 is 0 Å². The molecule has 4 rings (SSSR count). The number of hydrogen-bond donors (Lipinski definition) is 1. The van der Waals surface area contributed by atoms with Crippen molar-refractivity contribution >= 4 is 27.6 Å². The van der Waals surface area contributed by atoms with Crippen molar-refractivity contribution in [2.75, 3.05) is 7.11 Å². The Kier molecular flexibility index (Phi) is 3.49. The molecule has 5 nitrogen and oxygen atoms in total. The molecule has 2 aliphatic carbocycles. The summed E-state index contributed by atoms with van der Waals surface area (Å²) in [4.78, 5) is 23.8. The third-order valence-electron chi connectivity index (χ3n) is 5.53. The van der Waals surface area contributed by atoms with Gasteiger partial charge in [-0.3, -0.25) is 9.59 Å². The largest absolute Gasteiger partial charge is 0.493 e. The Morgan fingerprint density at radius 3 is 2.96 bits per heavy atom. The van der Waals surface area contributed by atoms with Crippen molar-refractivity contribution in [3.63, 3.8) is 0 Å². The number of allylic oxidation sites excluding steroid dienone is 1. The van der Waals surface area contributed by atoms with E-state index in [1.807, 2.05) is 12.1 Å². The smallest absolute Gasteiger partial charge is 0.220 e. The summed E-state index contributed by atoms with van der Waals surface area (Å²) in [7, 11) is 1.60. The third kappa shape index (κ3) is 2.05. The first-order valence-electron chi connectivity index (χ1n) is 8.04. The van der Waals surface area contributed by atoms with Gasteiger partial charge < -0.3 is 15.2 Å². The average Bonchev–Trinajstić information content (AvgIpc) is 2.76. The number of halogens is 1. The standard InChI is InChI=1S/C18H18BrNO4/c1-23-13-8-12(19)11-6-9(17(20)22)2-4-18-5-3-10(21)7-14(18)24-16(13)15(11)18/h3,5,8-9,14H,2,4,6-7H2,1H3,(H2,20,22)/t9?,14-,18+/m0/s1. The maximum absolute atomic E-state index is 11.9. The van der Waals surface area contributed by atoms with Crippen molar-refractivity contribution in [2.24, 2.45) is 11.7 Å². The maximum Gasteiger partial charge on any atom is 0.220 e. The summed E-state index contributed by atoms with van der Waals surface area (Å²) in [5.41, 5.74) is 7.30. The Morgan fingerprint density at radius 1 is 1.46 bits per heavy atom. The normalized spacial score (nSPS) is 30.2. The molecular weight excluding hydrogens is 374 g/mol. The van der Waals surface area contributed by atoms with Crippen molar-refractivity contribution in [1.29, 1.82) is 0 Å². The molecule has 1 amide bonds. The summed E-state index contributed by atoms with van der Waals surface area (Å²) in [5, 5.41) is 0. The molecule has 0 saturated heterocycles. The van der Waals surface area contributed by atoms with E-state index in [1.54, 1.807) is 13.2 Å². The number of carbonyl (C=O) groups is 2. The number of rotatable bonds is 2.